The number of aldehydes is 1. The number of hydrogen-bond acceptors (Lipinski definition) is 5. The summed E-state index contributed by atoms with van der Waals surface area (Å²) in [5.41, 5.74) is 1.82. The van der Waals surface area contributed by atoms with Gasteiger partial charge < -0.3 is 19.2 Å². The summed E-state index contributed by atoms with van der Waals surface area (Å²) < 4.78 is 10.4. The highest BCUT2D eigenvalue weighted by atomic mass is 35.5. The monoisotopic (exact) mass is 331 g/mol. The Labute approximate surface area is 138 Å². The van der Waals surface area contributed by atoms with Crippen molar-refractivity contribution in [2.75, 3.05) is 18.6 Å². The number of anilines is 2. The molecule has 0 aliphatic carbocycles. The number of benzene rings is 2. The molecule has 1 unspecified atom stereocenters. The number of rotatable bonds is 3. The maximum Gasteiger partial charge on any atom is 0.337 e. The molecule has 118 valence electrons. The van der Waals surface area contributed by atoms with E-state index in [0.717, 1.165) is 12.0 Å². The summed E-state index contributed by atoms with van der Waals surface area (Å²) >= 11 is 5.93. The largest absolute Gasteiger partial charge is 0.489 e. The lowest BCUT2D eigenvalue weighted by molar-refractivity contribution is -0.109. The number of ether oxygens (including phenoxy) is 2. The predicted octanol–water partition coefficient (Wildman–Crippen LogP) is 3.22. The molecule has 5 nitrogen and oxygen atoms in total. The Kier molecular flexibility index (Phi) is 4.21. The Morgan fingerprint density at radius 2 is 2.04 bits per heavy atom. The Morgan fingerprint density at radius 1 is 1.30 bits per heavy atom. The van der Waals surface area contributed by atoms with Crippen LogP contribution in [0.25, 0.3) is 0 Å². The molecule has 0 saturated heterocycles. The summed E-state index contributed by atoms with van der Waals surface area (Å²) in [5, 5.41) is 0.605. The van der Waals surface area contributed by atoms with Gasteiger partial charge in [-0.25, -0.2) is 4.79 Å². The number of methoxy groups -OCH3 is 1. The molecule has 0 spiro atoms. The SMILES string of the molecule is COC(=O)c1ccc2c(c1)N(c1ccc(Cl)cc1)C(C=O)CO2. The van der Waals surface area contributed by atoms with Crippen LogP contribution < -0.4 is 9.64 Å². The van der Waals surface area contributed by atoms with Crippen molar-refractivity contribution in [3.63, 3.8) is 0 Å². The molecule has 1 atom stereocenters. The van der Waals surface area contributed by atoms with Crippen LogP contribution in [0, 0.1) is 0 Å². The molecule has 0 aromatic heterocycles. The van der Waals surface area contributed by atoms with Crippen LogP contribution >= 0.6 is 11.6 Å². The molecular weight excluding hydrogens is 318 g/mol. The van der Waals surface area contributed by atoms with Crippen molar-refractivity contribution in [2.45, 2.75) is 6.04 Å². The van der Waals surface area contributed by atoms with Crippen LogP contribution in [0.1, 0.15) is 10.4 Å². The van der Waals surface area contributed by atoms with Gasteiger partial charge in [-0.1, -0.05) is 11.6 Å². The van der Waals surface area contributed by atoms with Gasteiger partial charge in [0.25, 0.3) is 0 Å². The fraction of sp³-hybridized carbons (Fsp3) is 0.176. The second kappa shape index (κ2) is 6.30. The number of halogens is 1. The highest BCUT2D eigenvalue weighted by Crippen LogP contribution is 2.39. The van der Waals surface area contributed by atoms with Crippen LogP contribution in [-0.4, -0.2) is 32.0 Å². The second-order valence-electron chi connectivity index (χ2n) is 5.03. The van der Waals surface area contributed by atoms with Gasteiger partial charge in [-0.3, -0.25) is 0 Å². The lowest BCUT2D eigenvalue weighted by atomic mass is 10.1. The lowest BCUT2D eigenvalue weighted by Crippen LogP contribution is -2.41. The van der Waals surface area contributed by atoms with E-state index in [4.69, 9.17) is 21.1 Å². The maximum absolute atomic E-state index is 11.8. The van der Waals surface area contributed by atoms with Crippen molar-refractivity contribution < 1.29 is 19.1 Å². The fourth-order valence-electron chi connectivity index (χ4n) is 2.53. The molecule has 2 aromatic carbocycles. The maximum atomic E-state index is 11.8. The van der Waals surface area contributed by atoms with E-state index >= 15 is 0 Å². The number of fused-ring (bicyclic) bond motifs is 1. The van der Waals surface area contributed by atoms with E-state index in [0.29, 0.717) is 22.0 Å². The average molecular weight is 332 g/mol. The Hall–Kier alpha value is -2.53. The number of carbonyl (C=O) groups is 2. The molecule has 1 aliphatic rings. The van der Waals surface area contributed by atoms with Crippen LogP contribution in [0.15, 0.2) is 42.5 Å². The van der Waals surface area contributed by atoms with E-state index in [2.05, 4.69) is 0 Å². The average Bonchev–Trinajstić information content (AvgIpc) is 2.60. The molecule has 2 aromatic rings. The van der Waals surface area contributed by atoms with Gasteiger partial charge in [0.15, 0.2) is 0 Å². The summed E-state index contributed by atoms with van der Waals surface area (Å²) in [6, 6.07) is 11.6. The molecule has 6 heteroatoms. The molecule has 3 rings (SSSR count). The number of carbonyl (C=O) groups excluding carboxylic acids is 2. The van der Waals surface area contributed by atoms with Crippen LogP contribution in [0.5, 0.6) is 5.75 Å². The van der Waals surface area contributed by atoms with Crippen LogP contribution in [0.4, 0.5) is 11.4 Å². The van der Waals surface area contributed by atoms with Gasteiger partial charge in [0.2, 0.25) is 0 Å². The first-order valence-electron chi connectivity index (χ1n) is 6.99. The van der Waals surface area contributed by atoms with E-state index in [9.17, 15) is 9.59 Å². The number of esters is 1. The molecule has 0 amide bonds. The second-order valence-corrected chi connectivity index (χ2v) is 5.47. The molecule has 0 radical (unpaired) electrons. The standard InChI is InChI=1S/C17H14ClNO4/c1-22-17(21)11-2-7-16-15(8-11)19(14(9-20)10-23-16)13-5-3-12(18)4-6-13/h2-9,14H,10H2,1H3. The van der Waals surface area contributed by atoms with Gasteiger partial charge >= 0.3 is 5.97 Å². The molecule has 0 fully saturated rings. The van der Waals surface area contributed by atoms with Crippen molar-refractivity contribution in [1.82, 2.24) is 0 Å². The molecule has 1 heterocycles. The number of hydrogen-bond donors (Lipinski definition) is 0. The first-order valence-corrected chi connectivity index (χ1v) is 7.37. The van der Waals surface area contributed by atoms with Crippen molar-refractivity contribution in [2.24, 2.45) is 0 Å². The fourth-order valence-corrected chi connectivity index (χ4v) is 2.66. The van der Waals surface area contributed by atoms with Crippen molar-refractivity contribution in [3.8, 4) is 5.75 Å². The minimum atomic E-state index is -0.489. The van der Waals surface area contributed by atoms with Crippen molar-refractivity contribution in [1.29, 1.82) is 0 Å². The summed E-state index contributed by atoms with van der Waals surface area (Å²) in [6.07, 6.45) is 0.822. The molecule has 1 aliphatic heterocycles. The summed E-state index contributed by atoms with van der Waals surface area (Å²) in [4.78, 5) is 25.1. The van der Waals surface area contributed by atoms with E-state index in [1.807, 2.05) is 17.0 Å². The zero-order valence-electron chi connectivity index (χ0n) is 12.4. The van der Waals surface area contributed by atoms with Gasteiger partial charge in [-0.2, -0.15) is 0 Å². The van der Waals surface area contributed by atoms with Crippen LogP contribution in [0.2, 0.25) is 5.02 Å². The van der Waals surface area contributed by atoms with Crippen molar-refractivity contribution in [3.05, 3.63) is 53.1 Å². The zero-order valence-corrected chi connectivity index (χ0v) is 13.1. The van der Waals surface area contributed by atoms with Crippen LogP contribution in [-0.2, 0) is 9.53 Å². The molecule has 0 N–H and O–H groups in total. The minimum absolute atomic E-state index is 0.233. The third-order valence-electron chi connectivity index (χ3n) is 3.64. The Morgan fingerprint density at radius 3 is 2.70 bits per heavy atom. The first kappa shape index (κ1) is 15.4. The van der Waals surface area contributed by atoms with Gasteiger partial charge in [0.05, 0.1) is 18.4 Å². The highest BCUT2D eigenvalue weighted by molar-refractivity contribution is 6.30. The molecular formula is C17H14ClNO4. The quantitative estimate of drug-likeness (QED) is 0.638. The van der Waals surface area contributed by atoms with E-state index in [-0.39, 0.29) is 6.61 Å². The van der Waals surface area contributed by atoms with Crippen LogP contribution in [0.3, 0.4) is 0 Å². The highest BCUT2D eigenvalue weighted by Gasteiger charge is 2.29. The normalized spacial score (nSPS) is 16.3. The third kappa shape index (κ3) is 2.87. The summed E-state index contributed by atoms with van der Waals surface area (Å²) in [5.74, 6) is 0.155. The third-order valence-corrected chi connectivity index (χ3v) is 3.89. The first-order chi connectivity index (χ1) is 11.1. The topological polar surface area (TPSA) is 55.8 Å². The smallest absolute Gasteiger partial charge is 0.337 e. The summed E-state index contributed by atoms with van der Waals surface area (Å²) in [6.45, 7) is 0.233. The van der Waals surface area contributed by atoms with Gasteiger partial charge in [-0.05, 0) is 42.5 Å². The van der Waals surface area contributed by atoms with E-state index < -0.39 is 12.0 Å². The molecule has 0 saturated carbocycles. The Bertz CT molecular complexity index is 745. The van der Waals surface area contributed by atoms with E-state index in [1.54, 1.807) is 30.3 Å². The summed E-state index contributed by atoms with van der Waals surface area (Å²) in [7, 11) is 1.32. The van der Waals surface area contributed by atoms with Gasteiger partial charge in [-0.15, -0.1) is 0 Å². The minimum Gasteiger partial charge on any atom is -0.489 e. The molecule has 23 heavy (non-hydrogen) atoms. The Balaban J connectivity index is 2.11. The van der Waals surface area contributed by atoms with Gasteiger partial charge in [0.1, 0.15) is 24.7 Å². The lowest BCUT2D eigenvalue weighted by Gasteiger charge is -2.36. The van der Waals surface area contributed by atoms with Gasteiger partial charge in [0, 0.05) is 10.7 Å². The number of nitrogens with zero attached hydrogens (tertiary/aromatic N) is 1. The van der Waals surface area contributed by atoms with Crippen molar-refractivity contribution >= 4 is 35.2 Å². The zero-order chi connectivity index (χ0) is 16.4. The molecule has 0 bridgehead atoms. The predicted molar refractivity (Wildman–Crippen MR) is 86.7 cm³/mol. The van der Waals surface area contributed by atoms with E-state index in [1.165, 1.54) is 7.11 Å².